The Bertz CT molecular complexity index is 564. The molecule has 0 aromatic heterocycles. The second-order valence-corrected chi connectivity index (χ2v) is 4.01. The molecule has 0 saturated carbocycles. The number of amides is 1. The molecule has 0 bridgehead atoms. The molecule has 0 fully saturated rings. The lowest BCUT2D eigenvalue weighted by Gasteiger charge is -2.05. The predicted molar refractivity (Wildman–Crippen MR) is 71.0 cm³/mol. The summed E-state index contributed by atoms with van der Waals surface area (Å²) in [6, 6.07) is 15.3. The summed E-state index contributed by atoms with van der Waals surface area (Å²) in [6.07, 6.45) is 0. The fourth-order valence-corrected chi connectivity index (χ4v) is 1.60. The minimum Gasteiger partial charge on any atom is -0.322 e. The van der Waals surface area contributed by atoms with Crippen molar-refractivity contribution in [2.75, 3.05) is 5.32 Å². The highest BCUT2D eigenvalue weighted by Gasteiger charge is 2.07. The third-order valence-electron chi connectivity index (χ3n) is 2.41. The average molecular weight is 260 g/mol. The zero-order valence-electron chi connectivity index (χ0n) is 9.39. The number of carbonyl (C=O) groups excluding carboxylic acids is 2. The number of anilines is 1. The van der Waals surface area contributed by atoms with Crippen molar-refractivity contribution in [1.29, 1.82) is 0 Å². The highest BCUT2D eigenvalue weighted by Crippen LogP contribution is 2.10. The number of hydrogen-bond acceptors (Lipinski definition) is 2. The van der Waals surface area contributed by atoms with E-state index in [4.69, 9.17) is 11.6 Å². The van der Waals surface area contributed by atoms with Crippen LogP contribution < -0.4 is 5.32 Å². The van der Waals surface area contributed by atoms with Gasteiger partial charge >= 0.3 is 0 Å². The smallest absolute Gasteiger partial charge is 0.255 e. The fourth-order valence-electron chi connectivity index (χ4n) is 1.48. The first kappa shape index (κ1) is 12.3. The molecule has 18 heavy (non-hydrogen) atoms. The number of rotatable bonds is 3. The maximum absolute atomic E-state index is 11.9. The molecule has 0 aliphatic carbocycles. The summed E-state index contributed by atoms with van der Waals surface area (Å²) >= 11 is 5.33. The summed E-state index contributed by atoms with van der Waals surface area (Å²) in [5, 5.41) is 2.21. The van der Waals surface area contributed by atoms with Crippen molar-refractivity contribution in [3.05, 3.63) is 65.7 Å². The molecule has 2 rings (SSSR count). The lowest BCUT2D eigenvalue weighted by molar-refractivity contribution is 0.102. The third-order valence-corrected chi connectivity index (χ3v) is 2.62. The Hall–Kier alpha value is -2.13. The number of nitrogens with one attached hydrogen (secondary N) is 1. The lowest BCUT2D eigenvalue weighted by atomic mass is 10.1. The van der Waals surface area contributed by atoms with Gasteiger partial charge in [0.25, 0.3) is 11.1 Å². The van der Waals surface area contributed by atoms with E-state index in [2.05, 4.69) is 5.32 Å². The molecule has 1 N–H and O–H groups in total. The fraction of sp³-hybridized carbons (Fsp3) is 0. The van der Waals surface area contributed by atoms with Gasteiger partial charge in [0.05, 0.1) is 0 Å². The van der Waals surface area contributed by atoms with Crippen LogP contribution in [0.2, 0.25) is 0 Å². The Morgan fingerprint density at radius 2 is 1.39 bits per heavy atom. The molecular formula is C14H10ClNO2. The van der Waals surface area contributed by atoms with Crippen LogP contribution in [0.15, 0.2) is 54.6 Å². The molecule has 0 heterocycles. The van der Waals surface area contributed by atoms with Crippen LogP contribution in [0.5, 0.6) is 0 Å². The maximum atomic E-state index is 11.9. The largest absolute Gasteiger partial charge is 0.322 e. The van der Waals surface area contributed by atoms with Gasteiger partial charge < -0.3 is 5.32 Å². The van der Waals surface area contributed by atoms with E-state index < -0.39 is 5.24 Å². The second-order valence-electron chi connectivity index (χ2n) is 3.67. The van der Waals surface area contributed by atoms with Gasteiger partial charge in [0.1, 0.15) is 0 Å². The van der Waals surface area contributed by atoms with Gasteiger partial charge in [0.2, 0.25) is 0 Å². The summed E-state index contributed by atoms with van der Waals surface area (Å²) in [4.78, 5) is 22.7. The molecular weight excluding hydrogens is 250 g/mol. The van der Waals surface area contributed by atoms with Crippen molar-refractivity contribution in [1.82, 2.24) is 0 Å². The summed E-state index contributed by atoms with van der Waals surface area (Å²) in [7, 11) is 0. The average Bonchev–Trinajstić information content (AvgIpc) is 2.40. The summed E-state index contributed by atoms with van der Waals surface area (Å²) in [5.41, 5.74) is 1.56. The van der Waals surface area contributed by atoms with E-state index in [1.165, 1.54) is 12.1 Å². The van der Waals surface area contributed by atoms with Gasteiger partial charge in [-0.2, -0.15) is 0 Å². The Morgan fingerprint density at radius 1 is 0.833 bits per heavy atom. The van der Waals surface area contributed by atoms with Crippen LogP contribution in [-0.2, 0) is 0 Å². The van der Waals surface area contributed by atoms with Crippen LogP contribution in [0.25, 0.3) is 0 Å². The molecule has 2 aromatic carbocycles. The van der Waals surface area contributed by atoms with Gasteiger partial charge in [-0.15, -0.1) is 0 Å². The molecule has 0 radical (unpaired) electrons. The zero-order valence-corrected chi connectivity index (χ0v) is 10.1. The van der Waals surface area contributed by atoms with Crippen molar-refractivity contribution in [3.8, 4) is 0 Å². The van der Waals surface area contributed by atoms with E-state index in [1.54, 1.807) is 24.3 Å². The summed E-state index contributed by atoms with van der Waals surface area (Å²) in [5.74, 6) is -0.227. The van der Waals surface area contributed by atoms with E-state index in [0.717, 1.165) is 5.69 Å². The summed E-state index contributed by atoms with van der Waals surface area (Å²) in [6.45, 7) is 0. The van der Waals surface area contributed by atoms with Crippen molar-refractivity contribution in [2.45, 2.75) is 0 Å². The number of halogens is 1. The molecule has 0 unspecified atom stereocenters. The monoisotopic (exact) mass is 259 g/mol. The maximum Gasteiger partial charge on any atom is 0.255 e. The van der Waals surface area contributed by atoms with Gasteiger partial charge in [0.15, 0.2) is 0 Å². The Balaban J connectivity index is 2.12. The lowest BCUT2D eigenvalue weighted by Crippen LogP contribution is -2.11. The van der Waals surface area contributed by atoms with Crippen LogP contribution in [-0.4, -0.2) is 11.1 Å². The standard InChI is InChI=1S/C14H10ClNO2/c15-13(17)10-6-8-11(9-7-10)14(18)16-12-4-2-1-3-5-12/h1-9H,(H,16,18). The third kappa shape index (κ3) is 2.96. The quantitative estimate of drug-likeness (QED) is 0.860. The molecule has 0 atom stereocenters. The molecule has 0 spiro atoms. The van der Waals surface area contributed by atoms with E-state index in [0.29, 0.717) is 11.1 Å². The molecule has 0 aliphatic rings. The SMILES string of the molecule is O=C(Cl)c1ccc(C(=O)Nc2ccccc2)cc1. The van der Waals surface area contributed by atoms with Gasteiger partial charge in [0, 0.05) is 16.8 Å². The molecule has 2 aromatic rings. The van der Waals surface area contributed by atoms with Gasteiger partial charge in [-0.25, -0.2) is 0 Å². The molecule has 4 heteroatoms. The number of para-hydroxylation sites is 1. The highest BCUT2D eigenvalue weighted by atomic mass is 35.5. The van der Waals surface area contributed by atoms with Crippen molar-refractivity contribution in [3.63, 3.8) is 0 Å². The van der Waals surface area contributed by atoms with Crippen molar-refractivity contribution in [2.24, 2.45) is 0 Å². The van der Waals surface area contributed by atoms with E-state index in [1.807, 2.05) is 18.2 Å². The molecule has 0 saturated heterocycles. The highest BCUT2D eigenvalue weighted by molar-refractivity contribution is 6.67. The molecule has 0 aliphatic heterocycles. The number of hydrogen-bond donors (Lipinski definition) is 1. The van der Waals surface area contributed by atoms with Crippen LogP contribution in [0, 0.1) is 0 Å². The van der Waals surface area contributed by atoms with E-state index in [-0.39, 0.29) is 5.91 Å². The minimum absolute atomic E-state index is 0.227. The Kier molecular flexibility index (Phi) is 3.75. The van der Waals surface area contributed by atoms with E-state index in [9.17, 15) is 9.59 Å². The molecule has 1 amide bonds. The van der Waals surface area contributed by atoms with Crippen molar-refractivity contribution < 1.29 is 9.59 Å². The van der Waals surface area contributed by atoms with Gasteiger partial charge in [-0.1, -0.05) is 18.2 Å². The first-order chi connectivity index (χ1) is 8.66. The van der Waals surface area contributed by atoms with Crippen LogP contribution >= 0.6 is 11.6 Å². The van der Waals surface area contributed by atoms with Crippen LogP contribution in [0.3, 0.4) is 0 Å². The molecule has 3 nitrogen and oxygen atoms in total. The Morgan fingerprint density at radius 3 is 1.94 bits per heavy atom. The van der Waals surface area contributed by atoms with Crippen LogP contribution in [0.1, 0.15) is 20.7 Å². The van der Waals surface area contributed by atoms with E-state index >= 15 is 0 Å². The van der Waals surface area contributed by atoms with Gasteiger partial charge in [-0.3, -0.25) is 9.59 Å². The summed E-state index contributed by atoms with van der Waals surface area (Å²) < 4.78 is 0. The number of carbonyl (C=O) groups is 2. The predicted octanol–water partition coefficient (Wildman–Crippen LogP) is 3.32. The first-order valence-corrected chi connectivity index (χ1v) is 5.71. The van der Waals surface area contributed by atoms with Gasteiger partial charge in [-0.05, 0) is 48.0 Å². The Labute approximate surface area is 109 Å². The normalized spacial score (nSPS) is 9.83. The minimum atomic E-state index is -0.537. The van der Waals surface area contributed by atoms with Crippen molar-refractivity contribution >= 4 is 28.4 Å². The van der Waals surface area contributed by atoms with Crippen LogP contribution in [0.4, 0.5) is 5.69 Å². The number of benzene rings is 2. The topological polar surface area (TPSA) is 46.2 Å². The first-order valence-electron chi connectivity index (χ1n) is 5.33. The molecule has 90 valence electrons. The second kappa shape index (κ2) is 5.47. The zero-order chi connectivity index (χ0) is 13.0.